The first kappa shape index (κ1) is 50.1. The summed E-state index contributed by atoms with van der Waals surface area (Å²) in [7, 11) is 0. The predicted molar refractivity (Wildman–Crippen MR) is 322 cm³/mol. The summed E-state index contributed by atoms with van der Waals surface area (Å²) in [6, 6.07) is 107. The van der Waals surface area contributed by atoms with E-state index in [-0.39, 0.29) is 20.1 Å². The molecular weight excluding hydrogens is 1140 g/mol. The van der Waals surface area contributed by atoms with Gasteiger partial charge in [0, 0.05) is 18.6 Å². The molecule has 0 amide bonds. The Balaban J connectivity index is 0.00000623. The molecule has 3 aromatic heterocycles. The maximum atomic E-state index is 4.76. The largest absolute Gasteiger partial charge is 3.00 e. The SMILES string of the molecule is [Ir+3].[c-]1cc(-c2ccccc2-c2cc(-c3ccccc3-c3c[c-]c(-c4ccccn4)cc3)cc(-c3ccccc3-c3c[c-]c(-c4ccccn4)cc3-c3ccc(-c4ccc(-c5ccccc5)cc4)cc3)c2)ccc1-c1ccccn1. The van der Waals surface area contributed by atoms with Crippen LogP contribution in [-0.4, -0.2) is 15.0 Å². The van der Waals surface area contributed by atoms with E-state index in [9.17, 15) is 0 Å². The van der Waals surface area contributed by atoms with Crippen LogP contribution in [-0.2, 0) is 20.1 Å². The second kappa shape index (κ2) is 22.9. The van der Waals surface area contributed by atoms with Crippen molar-refractivity contribution in [2.24, 2.45) is 0 Å². The molecule has 0 aliphatic rings. The van der Waals surface area contributed by atoms with Crippen molar-refractivity contribution in [1.29, 1.82) is 0 Å². The van der Waals surface area contributed by atoms with Gasteiger partial charge in [0.05, 0.1) is 0 Å². The molecule has 0 N–H and O–H groups in total. The Labute approximate surface area is 475 Å². The number of nitrogens with zero attached hydrogens (tertiary/aromatic N) is 3. The average molecular weight is 1180 g/mol. The molecule has 372 valence electrons. The molecule has 0 atom stereocenters. The normalized spacial score (nSPS) is 10.9. The molecule has 3 heterocycles. The second-order valence-electron chi connectivity index (χ2n) is 19.3. The van der Waals surface area contributed by atoms with Crippen molar-refractivity contribution in [2.75, 3.05) is 0 Å². The van der Waals surface area contributed by atoms with E-state index in [0.717, 1.165) is 117 Å². The van der Waals surface area contributed by atoms with Crippen molar-refractivity contribution in [2.45, 2.75) is 0 Å². The summed E-state index contributed by atoms with van der Waals surface area (Å²) in [5.41, 5.74) is 25.6. The molecule has 79 heavy (non-hydrogen) atoms. The molecule has 3 nitrogen and oxygen atoms in total. The van der Waals surface area contributed by atoms with Crippen molar-refractivity contribution >= 4 is 0 Å². The standard InChI is InChI=1S/C75H48N3.Ir/c1-2-16-52(17-3-1)53-27-29-54(30-28-53)55-31-33-58(34-32-55)72-51-61(75-26-12-15-47-78-75)43-44-71(72)70-23-9-8-22-69(70)64-49-62(67-20-6-4-18-65(67)56-35-39-59(40-36-56)73-24-10-13-45-76-73)48-63(50-64)68-21-7-5-19-66(68)57-37-41-60(42-38-57)74-25-11-14-46-77-74;/h1-39,41,44-51H;/q-3;+3. The smallest absolute Gasteiger partial charge is 0.305 e. The Kier molecular flexibility index (Phi) is 14.5. The molecule has 0 spiro atoms. The van der Waals surface area contributed by atoms with Crippen molar-refractivity contribution in [3.05, 3.63) is 310 Å². The molecule has 0 aliphatic carbocycles. The number of aromatic nitrogens is 3. The molecule has 0 radical (unpaired) electrons. The Morgan fingerprint density at radius 2 is 0.532 bits per heavy atom. The van der Waals surface area contributed by atoms with Crippen LogP contribution >= 0.6 is 0 Å². The molecule has 0 bridgehead atoms. The number of rotatable bonds is 12. The molecule has 0 aliphatic heterocycles. The van der Waals surface area contributed by atoms with E-state index >= 15 is 0 Å². The number of hydrogen-bond acceptors (Lipinski definition) is 3. The Morgan fingerprint density at radius 1 is 0.203 bits per heavy atom. The van der Waals surface area contributed by atoms with E-state index in [4.69, 9.17) is 4.98 Å². The zero-order valence-electron chi connectivity index (χ0n) is 42.9. The first-order chi connectivity index (χ1) is 38.7. The predicted octanol–water partition coefficient (Wildman–Crippen LogP) is 19.3. The molecule has 0 fully saturated rings. The van der Waals surface area contributed by atoms with Crippen LogP contribution < -0.4 is 0 Å². The van der Waals surface area contributed by atoms with Crippen LogP contribution in [0.15, 0.2) is 292 Å². The fourth-order valence-corrected chi connectivity index (χ4v) is 10.5. The van der Waals surface area contributed by atoms with Gasteiger partial charge in [-0.2, -0.15) is 0 Å². The minimum absolute atomic E-state index is 0. The van der Waals surface area contributed by atoms with Gasteiger partial charge in [-0.1, -0.05) is 227 Å². The van der Waals surface area contributed by atoms with Crippen LogP contribution in [0.5, 0.6) is 0 Å². The quantitative estimate of drug-likeness (QED) is 0.114. The molecule has 4 heteroatoms. The van der Waals surface area contributed by atoms with Gasteiger partial charge in [-0.25, -0.2) is 0 Å². The molecule has 0 saturated carbocycles. The van der Waals surface area contributed by atoms with E-state index in [0.29, 0.717) is 0 Å². The minimum Gasteiger partial charge on any atom is -0.305 e. The minimum atomic E-state index is 0. The van der Waals surface area contributed by atoms with Gasteiger partial charge >= 0.3 is 20.1 Å². The van der Waals surface area contributed by atoms with Crippen molar-refractivity contribution in [3.63, 3.8) is 0 Å². The fourth-order valence-electron chi connectivity index (χ4n) is 10.5. The van der Waals surface area contributed by atoms with Crippen LogP contribution in [0.4, 0.5) is 0 Å². The first-order valence-corrected chi connectivity index (χ1v) is 26.2. The molecule has 0 saturated heterocycles. The summed E-state index contributed by atoms with van der Waals surface area (Å²) in [5.74, 6) is 0. The molecule has 10 aromatic carbocycles. The van der Waals surface area contributed by atoms with Gasteiger partial charge in [0.25, 0.3) is 0 Å². The van der Waals surface area contributed by atoms with Gasteiger partial charge in [-0.15, -0.1) is 83.4 Å². The van der Waals surface area contributed by atoms with E-state index in [2.05, 4.69) is 247 Å². The maximum absolute atomic E-state index is 4.76. The van der Waals surface area contributed by atoms with Crippen molar-refractivity contribution in [3.8, 4) is 134 Å². The molecule has 13 rings (SSSR count). The number of benzene rings is 10. The zero-order valence-corrected chi connectivity index (χ0v) is 45.3. The Bertz CT molecular complexity index is 4040. The summed E-state index contributed by atoms with van der Waals surface area (Å²) in [4.78, 5) is 14.0. The summed E-state index contributed by atoms with van der Waals surface area (Å²) >= 11 is 0. The summed E-state index contributed by atoms with van der Waals surface area (Å²) in [6.07, 6.45) is 5.49. The van der Waals surface area contributed by atoms with Gasteiger partial charge in [0.2, 0.25) is 0 Å². The Hall–Kier alpha value is -9.70. The monoisotopic (exact) mass is 1180 g/mol. The van der Waals surface area contributed by atoms with Crippen LogP contribution in [0.2, 0.25) is 0 Å². The third kappa shape index (κ3) is 10.6. The van der Waals surface area contributed by atoms with Gasteiger partial charge in [-0.3, -0.25) is 0 Å². The van der Waals surface area contributed by atoms with Crippen LogP contribution in [0.3, 0.4) is 0 Å². The molecular formula is C75H48IrN3. The van der Waals surface area contributed by atoms with Gasteiger partial charge in [-0.05, 0) is 115 Å². The third-order valence-electron chi connectivity index (χ3n) is 14.5. The van der Waals surface area contributed by atoms with Crippen molar-refractivity contribution < 1.29 is 20.1 Å². The van der Waals surface area contributed by atoms with Gasteiger partial charge < -0.3 is 15.0 Å². The van der Waals surface area contributed by atoms with E-state index < -0.39 is 0 Å². The zero-order chi connectivity index (χ0) is 52.0. The third-order valence-corrected chi connectivity index (χ3v) is 14.5. The van der Waals surface area contributed by atoms with Crippen LogP contribution in [0.1, 0.15) is 0 Å². The van der Waals surface area contributed by atoms with Crippen molar-refractivity contribution in [1.82, 2.24) is 15.0 Å². The summed E-state index contributed by atoms with van der Waals surface area (Å²) in [5, 5.41) is 0. The Morgan fingerprint density at radius 3 is 0.937 bits per heavy atom. The molecule has 0 unspecified atom stereocenters. The van der Waals surface area contributed by atoms with E-state index in [1.54, 1.807) is 0 Å². The number of hydrogen-bond donors (Lipinski definition) is 0. The average Bonchev–Trinajstić information content (AvgIpc) is 3.56. The number of pyridine rings is 3. The van der Waals surface area contributed by atoms with E-state index in [1.165, 1.54) is 16.7 Å². The second-order valence-corrected chi connectivity index (χ2v) is 19.3. The molecule has 13 aromatic rings. The summed E-state index contributed by atoms with van der Waals surface area (Å²) in [6.45, 7) is 0. The van der Waals surface area contributed by atoms with Crippen LogP contribution in [0.25, 0.3) is 134 Å². The topological polar surface area (TPSA) is 38.7 Å². The van der Waals surface area contributed by atoms with Crippen LogP contribution in [0, 0.1) is 18.2 Å². The first-order valence-electron chi connectivity index (χ1n) is 26.2. The van der Waals surface area contributed by atoms with Gasteiger partial charge in [0.15, 0.2) is 0 Å². The maximum Gasteiger partial charge on any atom is 3.00 e. The van der Waals surface area contributed by atoms with Gasteiger partial charge in [0.1, 0.15) is 0 Å². The van der Waals surface area contributed by atoms with E-state index in [1.807, 2.05) is 73.2 Å². The fraction of sp³-hybridized carbons (Fsp3) is 0. The summed E-state index contributed by atoms with van der Waals surface area (Å²) < 4.78 is 0.